The summed E-state index contributed by atoms with van der Waals surface area (Å²) >= 11 is 4.01. The average Bonchev–Trinajstić information content (AvgIpc) is 3.24. The molecule has 7 aromatic rings. The summed E-state index contributed by atoms with van der Waals surface area (Å²) in [6, 6.07) is 46.9. The van der Waals surface area contributed by atoms with E-state index in [2.05, 4.69) is 157 Å². The molecule has 8 rings (SSSR count). The Labute approximate surface area is 243 Å². The minimum atomic E-state index is -0.0825. The van der Waals surface area contributed by atoms with Crippen molar-refractivity contribution in [3.8, 4) is 33.4 Å². The van der Waals surface area contributed by atoms with E-state index in [1.807, 2.05) is 0 Å². The van der Waals surface area contributed by atoms with Crippen molar-refractivity contribution in [1.29, 1.82) is 0 Å². The van der Waals surface area contributed by atoms with Gasteiger partial charge in [-0.3, -0.25) is 0 Å². The molecule has 0 atom stereocenters. The second kappa shape index (κ2) is 8.65. The van der Waals surface area contributed by atoms with E-state index in [4.69, 9.17) is 0 Å². The Morgan fingerprint density at radius 1 is 0.425 bits per heavy atom. The van der Waals surface area contributed by atoms with Gasteiger partial charge in [-0.1, -0.05) is 129 Å². The zero-order valence-electron chi connectivity index (χ0n) is 22.5. The molecular weight excluding hydrogens is 548 g/mol. The number of fused-ring (bicyclic) bond motifs is 7. The summed E-state index contributed by atoms with van der Waals surface area (Å²) in [6.45, 7) is 4.75. The maximum Gasteiger partial charge on any atom is 0.0332 e. The third-order valence-electron chi connectivity index (χ3n) is 8.92. The zero-order valence-corrected chi connectivity index (χ0v) is 24.1. The second-order valence-corrected chi connectivity index (χ2v) is 12.2. The second-order valence-electron chi connectivity index (χ2n) is 11.4. The Morgan fingerprint density at radius 2 is 1.02 bits per heavy atom. The summed E-state index contributed by atoms with van der Waals surface area (Å²) in [6.07, 6.45) is 0. The van der Waals surface area contributed by atoms with E-state index < -0.39 is 0 Å². The van der Waals surface area contributed by atoms with Gasteiger partial charge in [0.2, 0.25) is 0 Å². The molecule has 0 amide bonds. The summed E-state index contributed by atoms with van der Waals surface area (Å²) < 4.78 is 1.15. The van der Waals surface area contributed by atoms with Crippen LogP contribution in [-0.4, -0.2) is 0 Å². The highest BCUT2D eigenvalue weighted by Crippen LogP contribution is 2.54. The number of hydrogen-bond acceptors (Lipinski definition) is 0. The van der Waals surface area contributed by atoms with Crippen molar-refractivity contribution in [2.75, 3.05) is 0 Å². The molecule has 1 aliphatic rings. The van der Waals surface area contributed by atoms with Crippen LogP contribution in [0, 0.1) is 0 Å². The molecule has 0 bridgehead atoms. The van der Waals surface area contributed by atoms with E-state index in [0.29, 0.717) is 0 Å². The molecule has 0 spiro atoms. The quantitative estimate of drug-likeness (QED) is 0.180. The maximum atomic E-state index is 4.01. The molecule has 0 heterocycles. The lowest BCUT2D eigenvalue weighted by Gasteiger charge is -2.24. The van der Waals surface area contributed by atoms with E-state index in [1.165, 1.54) is 76.8 Å². The fourth-order valence-electron chi connectivity index (χ4n) is 6.98. The summed E-state index contributed by atoms with van der Waals surface area (Å²) in [5.74, 6) is 0. The van der Waals surface area contributed by atoms with Gasteiger partial charge in [-0.25, -0.2) is 0 Å². The highest BCUT2D eigenvalue weighted by atomic mass is 79.9. The van der Waals surface area contributed by atoms with Gasteiger partial charge in [0.05, 0.1) is 0 Å². The summed E-state index contributed by atoms with van der Waals surface area (Å²) in [7, 11) is 0. The fraction of sp³-hybridized carbons (Fsp3) is 0.0769. The smallest absolute Gasteiger partial charge is 0.0332 e. The highest BCUT2D eigenvalue weighted by molar-refractivity contribution is 9.10. The van der Waals surface area contributed by atoms with Gasteiger partial charge in [-0.2, -0.15) is 0 Å². The summed E-state index contributed by atoms with van der Waals surface area (Å²) in [5, 5.41) is 7.64. The Kier molecular flexibility index (Phi) is 5.12. The highest BCUT2D eigenvalue weighted by Gasteiger charge is 2.37. The zero-order chi connectivity index (χ0) is 27.0. The molecule has 0 aromatic heterocycles. The summed E-state index contributed by atoms with van der Waals surface area (Å²) in [5.41, 5.74) is 10.5. The first kappa shape index (κ1) is 23.7. The molecule has 0 fully saturated rings. The van der Waals surface area contributed by atoms with Crippen LogP contribution in [0.2, 0.25) is 0 Å². The van der Waals surface area contributed by atoms with E-state index in [-0.39, 0.29) is 5.41 Å². The van der Waals surface area contributed by atoms with Crippen LogP contribution in [-0.2, 0) is 5.41 Å². The van der Waals surface area contributed by atoms with Crippen molar-refractivity contribution in [1.82, 2.24) is 0 Å². The van der Waals surface area contributed by atoms with Crippen LogP contribution in [0.5, 0.6) is 0 Å². The number of rotatable bonds is 2. The van der Waals surface area contributed by atoms with Gasteiger partial charge in [0, 0.05) is 9.89 Å². The molecule has 1 heteroatoms. The van der Waals surface area contributed by atoms with Crippen LogP contribution in [0.4, 0.5) is 0 Å². The lowest BCUT2D eigenvalue weighted by Crippen LogP contribution is -2.15. The van der Waals surface area contributed by atoms with Gasteiger partial charge >= 0.3 is 0 Å². The Bertz CT molecular complexity index is 2130. The molecule has 0 saturated carbocycles. The van der Waals surface area contributed by atoms with Crippen LogP contribution in [0.25, 0.3) is 65.7 Å². The Hall–Kier alpha value is -4.20. The number of halogens is 1. The monoisotopic (exact) mass is 574 g/mol. The van der Waals surface area contributed by atoms with Gasteiger partial charge < -0.3 is 0 Å². The summed E-state index contributed by atoms with van der Waals surface area (Å²) in [4.78, 5) is 0. The number of benzene rings is 7. The Morgan fingerprint density at radius 3 is 1.80 bits per heavy atom. The minimum Gasteiger partial charge on any atom is -0.0622 e. The SMILES string of the molecule is CC1(C)c2ccccc2-c2c1cc(-c1c3ccccc3c(Br)c3ccc(-c4ccccc4)cc13)c1ccccc21. The van der Waals surface area contributed by atoms with Gasteiger partial charge in [-0.05, 0) is 105 Å². The molecule has 0 nitrogen and oxygen atoms in total. The van der Waals surface area contributed by atoms with Crippen LogP contribution in [0.3, 0.4) is 0 Å². The van der Waals surface area contributed by atoms with Crippen molar-refractivity contribution < 1.29 is 0 Å². The molecule has 190 valence electrons. The first-order valence-electron chi connectivity index (χ1n) is 13.9. The standard InChI is InChI=1S/C39H27Br/c1-39(2)34-19-11-10-18-31(34)37-27-15-7-6-14-26(27)33(23-35(37)39)36-28-16-8-9-17-29(28)38(40)30-21-20-25(22-32(30)36)24-12-4-3-5-13-24/h3-23H,1-2H3. The lowest BCUT2D eigenvalue weighted by molar-refractivity contribution is 0.661. The van der Waals surface area contributed by atoms with Crippen molar-refractivity contribution in [3.05, 3.63) is 143 Å². The third-order valence-corrected chi connectivity index (χ3v) is 9.78. The van der Waals surface area contributed by atoms with Crippen molar-refractivity contribution in [2.24, 2.45) is 0 Å². The fourth-order valence-corrected chi connectivity index (χ4v) is 7.67. The predicted molar refractivity (Wildman–Crippen MR) is 175 cm³/mol. The normalized spacial score (nSPS) is 13.6. The average molecular weight is 576 g/mol. The lowest BCUT2D eigenvalue weighted by atomic mass is 9.79. The first-order valence-corrected chi connectivity index (χ1v) is 14.7. The van der Waals surface area contributed by atoms with E-state index >= 15 is 0 Å². The molecule has 1 aliphatic carbocycles. The minimum absolute atomic E-state index is 0.0825. The van der Waals surface area contributed by atoms with Crippen LogP contribution in [0.1, 0.15) is 25.0 Å². The van der Waals surface area contributed by atoms with Crippen molar-refractivity contribution in [3.63, 3.8) is 0 Å². The van der Waals surface area contributed by atoms with E-state index in [1.54, 1.807) is 0 Å². The molecule has 7 aromatic carbocycles. The van der Waals surface area contributed by atoms with Gasteiger partial charge in [-0.15, -0.1) is 0 Å². The topological polar surface area (TPSA) is 0 Å². The van der Waals surface area contributed by atoms with Crippen LogP contribution >= 0.6 is 15.9 Å². The van der Waals surface area contributed by atoms with Crippen LogP contribution < -0.4 is 0 Å². The van der Waals surface area contributed by atoms with Crippen molar-refractivity contribution >= 4 is 48.2 Å². The van der Waals surface area contributed by atoms with Crippen LogP contribution in [0.15, 0.2) is 132 Å². The van der Waals surface area contributed by atoms with Gasteiger partial charge in [0.1, 0.15) is 0 Å². The van der Waals surface area contributed by atoms with Gasteiger partial charge in [0.15, 0.2) is 0 Å². The largest absolute Gasteiger partial charge is 0.0622 e. The molecular formula is C39H27Br. The van der Waals surface area contributed by atoms with Crippen molar-refractivity contribution in [2.45, 2.75) is 19.3 Å². The van der Waals surface area contributed by atoms with E-state index in [9.17, 15) is 0 Å². The van der Waals surface area contributed by atoms with E-state index in [0.717, 1.165) is 4.47 Å². The first-order chi connectivity index (χ1) is 19.5. The molecule has 0 saturated heterocycles. The molecule has 0 unspecified atom stereocenters. The molecule has 40 heavy (non-hydrogen) atoms. The third kappa shape index (κ3) is 3.25. The van der Waals surface area contributed by atoms with Gasteiger partial charge in [0.25, 0.3) is 0 Å². The predicted octanol–water partition coefficient (Wildman–Crippen LogP) is 11.5. The molecule has 0 N–H and O–H groups in total. The molecule has 0 radical (unpaired) electrons. The number of hydrogen-bond donors (Lipinski definition) is 0. The molecule has 0 aliphatic heterocycles. The maximum absolute atomic E-state index is 4.01. The Balaban J connectivity index is 1.56.